The van der Waals surface area contributed by atoms with Gasteiger partial charge in [-0.1, -0.05) is 0 Å². The minimum atomic E-state index is -1.17. The smallest absolute Gasteiger partial charge is 0.331 e. The van der Waals surface area contributed by atoms with E-state index in [1.165, 1.54) is 23.3 Å². The fourth-order valence-corrected chi connectivity index (χ4v) is 1.72. The Labute approximate surface area is 120 Å². The molecule has 2 heterocycles. The highest BCUT2D eigenvalue weighted by Gasteiger charge is 2.23. The van der Waals surface area contributed by atoms with Gasteiger partial charge in [0.1, 0.15) is 0 Å². The monoisotopic (exact) mass is 289 g/mol. The molecule has 0 aliphatic heterocycles. The Kier molecular flexibility index (Phi) is 4.17. The molecule has 0 saturated heterocycles. The van der Waals surface area contributed by atoms with E-state index in [9.17, 15) is 14.7 Å². The number of aliphatic carboxylic acids is 1. The molecule has 8 heteroatoms. The minimum absolute atomic E-state index is 0.391. The number of carbonyl (C=O) groups excluding carboxylic acids is 1. The van der Waals surface area contributed by atoms with Crippen LogP contribution in [0.5, 0.6) is 0 Å². The fourth-order valence-electron chi connectivity index (χ4n) is 1.72. The second kappa shape index (κ2) is 6.04. The minimum Gasteiger partial charge on any atom is -0.479 e. The van der Waals surface area contributed by atoms with Gasteiger partial charge in [0.15, 0.2) is 6.04 Å². The van der Waals surface area contributed by atoms with Gasteiger partial charge in [0, 0.05) is 24.5 Å². The Morgan fingerprint density at radius 3 is 2.62 bits per heavy atom. The van der Waals surface area contributed by atoms with Crippen molar-refractivity contribution in [1.82, 2.24) is 20.1 Å². The van der Waals surface area contributed by atoms with Gasteiger partial charge in [-0.05, 0) is 19.1 Å². The van der Waals surface area contributed by atoms with Crippen LogP contribution in [0, 0.1) is 6.92 Å². The molecule has 0 bridgehead atoms. The quantitative estimate of drug-likeness (QED) is 0.780. The van der Waals surface area contributed by atoms with Crippen molar-refractivity contribution >= 4 is 17.7 Å². The number of amides is 2. The van der Waals surface area contributed by atoms with Gasteiger partial charge >= 0.3 is 12.0 Å². The average Bonchev–Trinajstić information content (AvgIpc) is 2.85. The summed E-state index contributed by atoms with van der Waals surface area (Å²) in [6.07, 6.45) is 4.42. The lowest BCUT2D eigenvalue weighted by Crippen LogP contribution is -2.36. The molecule has 110 valence electrons. The van der Waals surface area contributed by atoms with Gasteiger partial charge in [-0.2, -0.15) is 5.10 Å². The molecule has 0 radical (unpaired) electrons. The predicted molar refractivity (Wildman–Crippen MR) is 74.7 cm³/mol. The van der Waals surface area contributed by atoms with Gasteiger partial charge in [-0.3, -0.25) is 9.67 Å². The van der Waals surface area contributed by atoms with Crippen molar-refractivity contribution in [3.63, 3.8) is 0 Å². The van der Waals surface area contributed by atoms with Crippen molar-refractivity contribution in [2.75, 3.05) is 5.32 Å². The SMILES string of the molecule is Cc1ccc(NC(=O)NC(C(=O)O)c2cnn(C)c2)cn1. The maximum atomic E-state index is 11.9. The Hall–Kier alpha value is -2.90. The number of carboxylic acid groups (broad SMARTS) is 1. The molecule has 21 heavy (non-hydrogen) atoms. The number of nitrogens with zero attached hydrogens (tertiary/aromatic N) is 3. The van der Waals surface area contributed by atoms with E-state index in [-0.39, 0.29) is 0 Å². The Bertz CT molecular complexity index is 650. The number of aryl methyl sites for hydroxylation is 2. The molecule has 1 atom stereocenters. The van der Waals surface area contributed by atoms with Gasteiger partial charge in [0.2, 0.25) is 0 Å². The van der Waals surface area contributed by atoms with Crippen molar-refractivity contribution < 1.29 is 14.7 Å². The van der Waals surface area contributed by atoms with Crippen LogP contribution in [0.4, 0.5) is 10.5 Å². The third-order valence-electron chi connectivity index (χ3n) is 2.75. The first-order valence-electron chi connectivity index (χ1n) is 6.17. The summed E-state index contributed by atoms with van der Waals surface area (Å²) in [7, 11) is 1.67. The molecule has 2 aromatic rings. The van der Waals surface area contributed by atoms with E-state index >= 15 is 0 Å². The zero-order valence-corrected chi connectivity index (χ0v) is 11.6. The summed E-state index contributed by atoms with van der Waals surface area (Å²) in [5, 5.41) is 18.0. The van der Waals surface area contributed by atoms with E-state index in [1.54, 1.807) is 19.2 Å². The number of hydrogen-bond acceptors (Lipinski definition) is 4. The molecule has 2 rings (SSSR count). The van der Waals surface area contributed by atoms with Gasteiger partial charge in [0.25, 0.3) is 0 Å². The number of urea groups is 1. The summed E-state index contributed by atoms with van der Waals surface area (Å²) in [4.78, 5) is 27.1. The van der Waals surface area contributed by atoms with Crippen LogP contribution in [0.3, 0.4) is 0 Å². The van der Waals surface area contributed by atoms with Gasteiger partial charge in [0.05, 0.1) is 18.1 Å². The highest BCUT2D eigenvalue weighted by molar-refractivity contribution is 5.92. The molecule has 0 aromatic carbocycles. The standard InChI is InChI=1S/C13H15N5O3/c1-8-3-4-10(6-14-8)16-13(21)17-11(12(19)20)9-5-15-18(2)7-9/h3-7,11H,1-2H3,(H,19,20)(H2,16,17,21). The summed E-state index contributed by atoms with van der Waals surface area (Å²) < 4.78 is 1.47. The molecule has 0 aliphatic carbocycles. The largest absolute Gasteiger partial charge is 0.479 e. The van der Waals surface area contributed by atoms with Crippen molar-refractivity contribution in [2.45, 2.75) is 13.0 Å². The first kappa shape index (κ1) is 14.5. The van der Waals surface area contributed by atoms with Crippen molar-refractivity contribution in [2.24, 2.45) is 7.05 Å². The third-order valence-corrected chi connectivity index (χ3v) is 2.75. The maximum Gasteiger partial charge on any atom is 0.331 e. The van der Waals surface area contributed by atoms with Gasteiger partial charge < -0.3 is 15.7 Å². The highest BCUT2D eigenvalue weighted by Crippen LogP contribution is 2.12. The van der Waals surface area contributed by atoms with Crippen LogP contribution in [-0.2, 0) is 11.8 Å². The van der Waals surface area contributed by atoms with Crippen LogP contribution in [-0.4, -0.2) is 31.9 Å². The van der Waals surface area contributed by atoms with Crippen LogP contribution in [0.1, 0.15) is 17.3 Å². The van der Waals surface area contributed by atoms with Gasteiger partial charge in [-0.15, -0.1) is 0 Å². The molecule has 0 aliphatic rings. The molecular weight excluding hydrogens is 274 g/mol. The molecule has 2 aromatic heterocycles. The molecule has 2 amide bonds. The van der Waals surface area contributed by atoms with E-state index < -0.39 is 18.0 Å². The van der Waals surface area contributed by atoms with Crippen LogP contribution in [0.2, 0.25) is 0 Å². The number of anilines is 1. The van der Waals surface area contributed by atoms with Crippen molar-refractivity contribution in [3.8, 4) is 0 Å². The third kappa shape index (κ3) is 3.78. The van der Waals surface area contributed by atoms with Crippen LogP contribution in [0.25, 0.3) is 0 Å². The van der Waals surface area contributed by atoms with Crippen molar-refractivity contribution in [1.29, 1.82) is 0 Å². The molecular formula is C13H15N5O3. The number of rotatable bonds is 4. The van der Waals surface area contributed by atoms with E-state index in [2.05, 4.69) is 20.7 Å². The maximum absolute atomic E-state index is 11.9. The molecule has 3 N–H and O–H groups in total. The number of nitrogens with one attached hydrogen (secondary N) is 2. The van der Waals surface area contributed by atoms with E-state index in [1.807, 2.05) is 6.92 Å². The molecule has 0 spiro atoms. The first-order valence-corrected chi connectivity index (χ1v) is 6.17. The van der Waals surface area contributed by atoms with Gasteiger partial charge in [-0.25, -0.2) is 9.59 Å². The number of pyridine rings is 1. The number of carbonyl (C=O) groups is 2. The Morgan fingerprint density at radius 2 is 2.10 bits per heavy atom. The summed E-state index contributed by atoms with van der Waals surface area (Å²) in [5.74, 6) is -1.17. The Balaban J connectivity index is 2.05. The van der Waals surface area contributed by atoms with Crippen molar-refractivity contribution in [3.05, 3.63) is 42.0 Å². The van der Waals surface area contributed by atoms with E-state index in [0.717, 1.165) is 5.69 Å². The lowest BCUT2D eigenvalue weighted by molar-refractivity contribution is -0.139. The van der Waals surface area contributed by atoms with Crippen LogP contribution < -0.4 is 10.6 Å². The molecule has 0 fully saturated rings. The zero-order valence-electron chi connectivity index (χ0n) is 11.6. The number of carboxylic acids is 1. The average molecular weight is 289 g/mol. The summed E-state index contributed by atoms with van der Waals surface area (Å²) >= 11 is 0. The predicted octanol–water partition coefficient (Wildman–Crippen LogP) is 1.07. The molecule has 8 nitrogen and oxygen atoms in total. The highest BCUT2D eigenvalue weighted by atomic mass is 16.4. The summed E-state index contributed by atoms with van der Waals surface area (Å²) in [6, 6.07) is 1.63. The van der Waals surface area contributed by atoms with Crippen LogP contribution in [0.15, 0.2) is 30.7 Å². The zero-order chi connectivity index (χ0) is 15.4. The van der Waals surface area contributed by atoms with E-state index in [0.29, 0.717) is 11.3 Å². The van der Waals surface area contributed by atoms with E-state index in [4.69, 9.17) is 0 Å². The molecule has 0 saturated carbocycles. The number of aromatic nitrogens is 3. The summed E-state index contributed by atoms with van der Waals surface area (Å²) in [6.45, 7) is 1.83. The second-order valence-corrected chi connectivity index (χ2v) is 4.51. The molecule has 1 unspecified atom stereocenters. The lowest BCUT2D eigenvalue weighted by Gasteiger charge is -2.13. The first-order chi connectivity index (χ1) is 9.95. The number of hydrogen-bond donors (Lipinski definition) is 3. The normalized spacial score (nSPS) is 11.7. The summed E-state index contributed by atoms with van der Waals surface area (Å²) in [5.41, 5.74) is 1.69. The topological polar surface area (TPSA) is 109 Å². The Morgan fingerprint density at radius 1 is 1.33 bits per heavy atom. The van der Waals surface area contributed by atoms with Crippen LogP contribution >= 0.6 is 0 Å². The fraction of sp³-hybridized carbons (Fsp3) is 0.231. The second-order valence-electron chi connectivity index (χ2n) is 4.51. The lowest BCUT2D eigenvalue weighted by atomic mass is 10.1.